The van der Waals surface area contributed by atoms with Gasteiger partial charge in [0.15, 0.2) is 5.82 Å². The molecule has 0 bridgehead atoms. The number of carbonyl (C=O) groups excluding carboxylic acids is 1. The van der Waals surface area contributed by atoms with E-state index in [1.807, 2.05) is 25.1 Å². The van der Waals surface area contributed by atoms with Crippen molar-refractivity contribution in [2.45, 2.75) is 19.5 Å². The Hall–Kier alpha value is -2.32. The van der Waals surface area contributed by atoms with E-state index in [0.717, 1.165) is 18.7 Å². The zero-order valence-electron chi connectivity index (χ0n) is 13.8. The fourth-order valence-electron chi connectivity index (χ4n) is 2.90. The van der Waals surface area contributed by atoms with Crippen LogP contribution in [0.1, 0.15) is 24.4 Å². The van der Waals surface area contributed by atoms with E-state index < -0.39 is 0 Å². The van der Waals surface area contributed by atoms with Crippen LogP contribution in [-0.2, 0) is 16.1 Å². The molecule has 1 fully saturated rings. The summed E-state index contributed by atoms with van der Waals surface area (Å²) in [5.74, 6) is 0.578. The van der Waals surface area contributed by atoms with Gasteiger partial charge in [-0.05, 0) is 22.9 Å². The number of rotatable bonds is 6. The van der Waals surface area contributed by atoms with Crippen molar-refractivity contribution in [3.8, 4) is 0 Å². The zero-order valence-corrected chi connectivity index (χ0v) is 13.8. The lowest BCUT2D eigenvalue weighted by molar-refractivity contribution is -0.121. The normalized spacial score (nSPS) is 16.7. The van der Waals surface area contributed by atoms with Crippen LogP contribution in [0.25, 0.3) is 0 Å². The molecule has 8 heteroatoms. The molecule has 3 rings (SSSR count). The molecule has 1 aliphatic rings. The van der Waals surface area contributed by atoms with E-state index >= 15 is 0 Å². The highest BCUT2D eigenvalue weighted by Gasteiger charge is 2.29. The van der Waals surface area contributed by atoms with Gasteiger partial charge >= 0.3 is 0 Å². The van der Waals surface area contributed by atoms with E-state index in [1.165, 1.54) is 0 Å². The molecule has 1 amide bonds. The molecule has 0 saturated carbocycles. The van der Waals surface area contributed by atoms with Crippen LogP contribution < -0.4 is 5.32 Å². The molecule has 0 spiro atoms. The first-order chi connectivity index (χ1) is 11.8. The van der Waals surface area contributed by atoms with Gasteiger partial charge in [-0.3, -0.25) is 9.69 Å². The van der Waals surface area contributed by atoms with Crippen molar-refractivity contribution in [2.24, 2.45) is 0 Å². The minimum Gasteiger partial charge on any atom is -0.379 e. The smallest absolute Gasteiger partial charge is 0.241 e. The highest BCUT2D eigenvalue weighted by atomic mass is 16.5. The van der Waals surface area contributed by atoms with Crippen LogP contribution >= 0.6 is 0 Å². The molecule has 1 unspecified atom stereocenters. The lowest BCUT2D eigenvalue weighted by Crippen LogP contribution is -2.41. The number of likely N-dealkylation sites (N-methyl/N-ethyl adjacent to an activating group) is 1. The molecule has 1 atom stereocenters. The number of ether oxygens (including phenoxy) is 1. The maximum atomic E-state index is 11.9. The maximum absolute atomic E-state index is 11.9. The van der Waals surface area contributed by atoms with Crippen molar-refractivity contribution < 1.29 is 9.53 Å². The molecule has 1 saturated heterocycles. The van der Waals surface area contributed by atoms with Gasteiger partial charge in [0.2, 0.25) is 5.91 Å². The average Bonchev–Trinajstić information content (AvgIpc) is 3.05. The first-order valence-electron chi connectivity index (χ1n) is 8.19. The zero-order chi connectivity index (χ0) is 16.8. The Balaban J connectivity index is 1.91. The minimum absolute atomic E-state index is 0.0974. The van der Waals surface area contributed by atoms with E-state index in [2.05, 4.69) is 37.9 Å². The van der Waals surface area contributed by atoms with Crippen LogP contribution in [0.15, 0.2) is 30.3 Å². The number of hydrogen-bond acceptors (Lipinski definition) is 6. The number of tetrazole rings is 1. The Bertz CT molecular complexity index is 654. The Morgan fingerprint density at radius 1 is 1.29 bits per heavy atom. The second-order valence-electron chi connectivity index (χ2n) is 5.61. The Kier molecular flexibility index (Phi) is 5.50. The molecule has 24 heavy (non-hydrogen) atoms. The van der Waals surface area contributed by atoms with Gasteiger partial charge in [-0.1, -0.05) is 30.3 Å². The fourth-order valence-corrected chi connectivity index (χ4v) is 2.90. The van der Waals surface area contributed by atoms with Crippen molar-refractivity contribution in [1.29, 1.82) is 0 Å². The quantitative estimate of drug-likeness (QED) is 0.816. The van der Waals surface area contributed by atoms with E-state index in [0.29, 0.717) is 25.6 Å². The molecule has 1 N–H and O–H groups in total. The summed E-state index contributed by atoms with van der Waals surface area (Å²) in [6.07, 6.45) is 0. The number of carbonyl (C=O) groups is 1. The minimum atomic E-state index is -0.0977. The molecular formula is C16H22N6O2. The van der Waals surface area contributed by atoms with Crippen molar-refractivity contribution in [1.82, 2.24) is 30.4 Å². The Morgan fingerprint density at radius 2 is 2.04 bits per heavy atom. The number of amides is 1. The summed E-state index contributed by atoms with van der Waals surface area (Å²) in [5, 5.41) is 14.8. The highest BCUT2D eigenvalue weighted by molar-refractivity contribution is 5.75. The van der Waals surface area contributed by atoms with Gasteiger partial charge in [-0.25, -0.2) is 4.68 Å². The molecule has 0 radical (unpaired) electrons. The van der Waals surface area contributed by atoms with Gasteiger partial charge in [0.25, 0.3) is 0 Å². The van der Waals surface area contributed by atoms with Gasteiger partial charge in [-0.2, -0.15) is 0 Å². The Labute approximate surface area is 140 Å². The van der Waals surface area contributed by atoms with E-state index in [4.69, 9.17) is 4.74 Å². The summed E-state index contributed by atoms with van der Waals surface area (Å²) >= 11 is 0. The third-order valence-corrected chi connectivity index (χ3v) is 4.00. The van der Waals surface area contributed by atoms with Crippen LogP contribution in [0.2, 0.25) is 0 Å². The number of morpholine rings is 1. The molecule has 2 heterocycles. The van der Waals surface area contributed by atoms with E-state index in [9.17, 15) is 4.79 Å². The summed E-state index contributed by atoms with van der Waals surface area (Å²) in [6.45, 7) is 5.55. The monoisotopic (exact) mass is 330 g/mol. The fraction of sp³-hybridized carbons (Fsp3) is 0.500. The SMILES string of the molecule is CCNC(=O)Cn1nnnc1C(c1ccccc1)N1CCOCC1. The molecule has 0 aliphatic carbocycles. The third-order valence-electron chi connectivity index (χ3n) is 4.00. The molecule has 1 aliphatic heterocycles. The first-order valence-corrected chi connectivity index (χ1v) is 8.19. The standard InChI is InChI=1S/C16H22N6O2/c1-2-17-14(23)12-22-16(18-19-20-22)15(13-6-4-3-5-7-13)21-8-10-24-11-9-21/h3-7,15H,2,8-12H2,1H3,(H,17,23). The van der Waals surface area contributed by atoms with E-state index in [-0.39, 0.29) is 18.5 Å². The van der Waals surface area contributed by atoms with Crippen LogP contribution in [0.3, 0.4) is 0 Å². The second kappa shape index (κ2) is 7.98. The predicted molar refractivity (Wildman–Crippen MR) is 87.2 cm³/mol. The van der Waals surface area contributed by atoms with E-state index in [1.54, 1.807) is 4.68 Å². The largest absolute Gasteiger partial charge is 0.379 e. The number of hydrogen-bond donors (Lipinski definition) is 1. The number of benzene rings is 1. The molecule has 1 aromatic carbocycles. The van der Waals surface area contributed by atoms with Crippen molar-refractivity contribution >= 4 is 5.91 Å². The lowest BCUT2D eigenvalue weighted by Gasteiger charge is -2.33. The summed E-state index contributed by atoms with van der Waals surface area (Å²) in [5.41, 5.74) is 1.10. The van der Waals surface area contributed by atoms with Gasteiger partial charge in [0.05, 0.1) is 19.3 Å². The predicted octanol–water partition coefficient (Wildman–Crippen LogP) is 0.231. The van der Waals surface area contributed by atoms with Crippen molar-refractivity contribution in [2.75, 3.05) is 32.8 Å². The van der Waals surface area contributed by atoms with Gasteiger partial charge in [0.1, 0.15) is 6.54 Å². The van der Waals surface area contributed by atoms with Crippen molar-refractivity contribution in [3.63, 3.8) is 0 Å². The molecule has 128 valence electrons. The first kappa shape index (κ1) is 16.5. The Morgan fingerprint density at radius 3 is 2.75 bits per heavy atom. The summed E-state index contributed by atoms with van der Waals surface area (Å²) < 4.78 is 7.05. The van der Waals surface area contributed by atoms with Gasteiger partial charge in [0, 0.05) is 19.6 Å². The van der Waals surface area contributed by atoms with Crippen LogP contribution in [0, 0.1) is 0 Å². The van der Waals surface area contributed by atoms with Gasteiger partial charge in [-0.15, -0.1) is 5.10 Å². The average molecular weight is 330 g/mol. The topological polar surface area (TPSA) is 85.2 Å². The van der Waals surface area contributed by atoms with Gasteiger partial charge < -0.3 is 10.1 Å². The number of nitrogens with one attached hydrogen (secondary N) is 1. The lowest BCUT2D eigenvalue weighted by atomic mass is 10.0. The van der Waals surface area contributed by atoms with Crippen LogP contribution in [0.5, 0.6) is 0 Å². The number of aromatic nitrogens is 4. The maximum Gasteiger partial charge on any atom is 0.241 e. The molecular weight excluding hydrogens is 308 g/mol. The van der Waals surface area contributed by atoms with Crippen LogP contribution in [0.4, 0.5) is 0 Å². The summed E-state index contributed by atoms with van der Waals surface area (Å²) in [4.78, 5) is 14.2. The molecule has 8 nitrogen and oxygen atoms in total. The van der Waals surface area contributed by atoms with Crippen molar-refractivity contribution in [3.05, 3.63) is 41.7 Å². The molecule has 2 aromatic rings. The highest BCUT2D eigenvalue weighted by Crippen LogP contribution is 2.27. The molecule has 1 aromatic heterocycles. The van der Waals surface area contributed by atoms with Crippen LogP contribution in [-0.4, -0.2) is 63.9 Å². The second-order valence-corrected chi connectivity index (χ2v) is 5.61. The number of nitrogens with zero attached hydrogens (tertiary/aromatic N) is 5. The third kappa shape index (κ3) is 3.77. The summed E-state index contributed by atoms with van der Waals surface area (Å²) in [6, 6.07) is 10.0. The summed E-state index contributed by atoms with van der Waals surface area (Å²) in [7, 11) is 0.